The van der Waals surface area contributed by atoms with Crippen LogP contribution in [0.5, 0.6) is 0 Å². The van der Waals surface area contributed by atoms with Crippen molar-refractivity contribution in [2.45, 2.75) is 13.8 Å². The molecule has 0 fully saturated rings. The first kappa shape index (κ1) is 11.3. The average molecular weight is 233 g/mol. The van der Waals surface area contributed by atoms with Crippen molar-refractivity contribution in [1.82, 2.24) is 0 Å². The van der Waals surface area contributed by atoms with Crippen molar-refractivity contribution in [2.24, 2.45) is 0 Å². The number of ketones is 1. The summed E-state index contributed by atoms with van der Waals surface area (Å²) in [4.78, 5) is 35.1. The summed E-state index contributed by atoms with van der Waals surface area (Å²) in [6.07, 6.45) is 0. The Morgan fingerprint density at radius 2 is 1.94 bits per heavy atom. The predicted molar refractivity (Wildman–Crippen MR) is 60.2 cm³/mol. The number of fused-ring (bicyclic) bond motifs is 1. The van der Waals surface area contributed by atoms with Gasteiger partial charge in [-0.25, -0.2) is 0 Å². The molecule has 1 aliphatic heterocycles. The topological polar surface area (TPSA) is 74.7 Å². The molecule has 1 aromatic rings. The standard InChI is InChI=1S/C12H11NO4/c1-6-3-7(2)10-8(4-6)13(5-9(14)15)12(17)11(10)16/h3-4H,5H2,1-2H3,(H,14,15). The summed E-state index contributed by atoms with van der Waals surface area (Å²) in [5, 5.41) is 8.74. The monoisotopic (exact) mass is 233 g/mol. The molecule has 88 valence electrons. The lowest BCUT2D eigenvalue weighted by Crippen LogP contribution is -2.34. The van der Waals surface area contributed by atoms with Crippen LogP contribution in [-0.2, 0) is 9.59 Å². The van der Waals surface area contributed by atoms with E-state index < -0.39 is 24.2 Å². The van der Waals surface area contributed by atoms with Gasteiger partial charge in [-0.2, -0.15) is 0 Å². The van der Waals surface area contributed by atoms with Gasteiger partial charge in [0, 0.05) is 0 Å². The Hall–Kier alpha value is -2.17. The van der Waals surface area contributed by atoms with Crippen LogP contribution in [0.1, 0.15) is 21.5 Å². The number of aliphatic carboxylic acids is 1. The summed E-state index contributed by atoms with van der Waals surface area (Å²) in [5.41, 5.74) is 2.31. The zero-order valence-electron chi connectivity index (χ0n) is 9.48. The smallest absolute Gasteiger partial charge is 0.323 e. The molecule has 1 N–H and O–H groups in total. The van der Waals surface area contributed by atoms with Crippen molar-refractivity contribution in [1.29, 1.82) is 0 Å². The summed E-state index contributed by atoms with van der Waals surface area (Å²) < 4.78 is 0. The van der Waals surface area contributed by atoms with Crippen LogP contribution >= 0.6 is 0 Å². The van der Waals surface area contributed by atoms with Gasteiger partial charge in [-0.15, -0.1) is 0 Å². The first-order valence-electron chi connectivity index (χ1n) is 5.11. The highest BCUT2D eigenvalue weighted by molar-refractivity contribution is 6.53. The largest absolute Gasteiger partial charge is 0.480 e. The Kier molecular flexibility index (Phi) is 2.46. The van der Waals surface area contributed by atoms with Crippen LogP contribution < -0.4 is 4.90 Å². The number of carbonyl (C=O) groups excluding carboxylic acids is 2. The minimum absolute atomic E-state index is 0.321. The molecule has 0 atom stereocenters. The summed E-state index contributed by atoms with van der Waals surface area (Å²) in [6, 6.07) is 3.46. The van der Waals surface area contributed by atoms with Crippen molar-refractivity contribution in [3.05, 3.63) is 28.8 Å². The van der Waals surface area contributed by atoms with E-state index in [1.807, 2.05) is 6.92 Å². The Balaban J connectivity index is 2.59. The number of rotatable bonds is 2. The summed E-state index contributed by atoms with van der Waals surface area (Å²) in [6.45, 7) is 3.08. The van der Waals surface area contributed by atoms with E-state index in [1.54, 1.807) is 19.1 Å². The highest BCUT2D eigenvalue weighted by atomic mass is 16.4. The van der Waals surface area contributed by atoms with E-state index in [4.69, 9.17) is 5.11 Å². The Morgan fingerprint density at radius 1 is 1.29 bits per heavy atom. The maximum atomic E-state index is 11.7. The molecule has 0 saturated heterocycles. The van der Waals surface area contributed by atoms with Crippen LogP contribution in [0.3, 0.4) is 0 Å². The van der Waals surface area contributed by atoms with Gasteiger partial charge in [0.15, 0.2) is 0 Å². The van der Waals surface area contributed by atoms with Gasteiger partial charge in [0.1, 0.15) is 6.54 Å². The maximum Gasteiger partial charge on any atom is 0.323 e. The number of aryl methyl sites for hydroxylation is 2. The number of hydrogen-bond acceptors (Lipinski definition) is 3. The van der Waals surface area contributed by atoms with Crippen LogP contribution in [0.4, 0.5) is 5.69 Å². The fourth-order valence-electron chi connectivity index (χ4n) is 2.08. The van der Waals surface area contributed by atoms with Gasteiger partial charge >= 0.3 is 5.97 Å². The van der Waals surface area contributed by atoms with Crippen molar-refractivity contribution >= 4 is 23.3 Å². The Bertz CT molecular complexity index is 548. The van der Waals surface area contributed by atoms with E-state index in [9.17, 15) is 14.4 Å². The molecule has 5 nitrogen and oxygen atoms in total. The third-order valence-electron chi connectivity index (χ3n) is 2.71. The van der Waals surface area contributed by atoms with E-state index >= 15 is 0 Å². The molecule has 0 radical (unpaired) electrons. The van der Waals surface area contributed by atoms with E-state index in [1.165, 1.54) is 0 Å². The predicted octanol–water partition coefficient (Wildman–Crippen LogP) is 0.917. The van der Waals surface area contributed by atoms with Crippen molar-refractivity contribution < 1.29 is 19.5 Å². The fourth-order valence-corrected chi connectivity index (χ4v) is 2.08. The van der Waals surface area contributed by atoms with Gasteiger partial charge in [-0.1, -0.05) is 6.07 Å². The second kappa shape index (κ2) is 3.69. The number of hydrogen-bond donors (Lipinski definition) is 1. The van der Waals surface area contributed by atoms with Crippen LogP contribution in [0.25, 0.3) is 0 Å². The fraction of sp³-hybridized carbons (Fsp3) is 0.250. The van der Waals surface area contributed by atoms with Gasteiger partial charge < -0.3 is 5.11 Å². The molecule has 1 heterocycles. The molecular formula is C12H11NO4. The van der Waals surface area contributed by atoms with Gasteiger partial charge in [-0.3, -0.25) is 19.3 Å². The quantitative estimate of drug-likeness (QED) is 0.770. The van der Waals surface area contributed by atoms with E-state index in [0.717, 1.165) is 10.5 Å². The lowest BCUT2D eigenvalue weighted by Gasteiger charge is -2.14. The molecular weight excluding hydrogens is 222 g/mol. The molecule has 0 bridgehead atoms. The highest BCUT2D eigenvalue weighted by Gasteiger charge is 2.37. The number of nitrogens with zero attached hydrogens (tertiary/aromatic N) is 1. The molecule has 2 rings (SSSR count). The number of Topliss-reactive ketones (excluding diaryl/α,β-unsaturated/α-hetero) is 1. The molecule has 5 heteroatoms. The molecule has 0 spiro atoms. The third kappa shape index (κ3) is 1.69. The first-order valence-corrected chi connectivity index (χ1v) is 5.11. The summed E-state index contributed by atoms with van der Waals surface area (Å²) >= 11 is 0. The number of carboxylic acids is 1. The average Bonchev–Trinajstić information content (AvgIpc) is 2.42. The van der Waals surface area contributed by atoms with Gasteiger partial charge in [-0.05, 0) is 31.0 Å². The van der Waals surface area contributed by atoms with Crippen LogP contribution in [0.2, 0.25) is 0 Å². The normalized spacial score (nSPS) is 14.1. The summed E-state index contributed by atoms with van der Waals surface area (Å²) in [7, 11) is 0. The van der Waals surface area contributed by atoms with Crippen molar-refractivity contribution in [2.75, 3.05) is 11.4 Å². The number of carboxylic acid groups (broad SMARTS) is 1. The molecule has 1 aliphatic rings. The van der Waals surface area contributed by atoms with Gasteiger partial charge in [0.2, 0.25) is 0 Å². The summed E-state index contributed by atoms with van der Waals surface area (Å²) in [5.74, 6) is -2.53. The first-order chi connectivity index (χ1) is 7.91. The van der Waals surface area contributed by atoms with E-state index in [0.29, 0.717) is 16.8 Å². The van der Waals surface area contributed by atoms with Gasteiger partial charge in [0.25, 0.3) is 11.7 Å². The lowest BCUT2D eigenvalue weighted by molar-refractivity contribution is -0.136. The maximum absolute atomic E-state index is 11.7. The molecule has 1 aromatic carbocycles. The van der Waals surface area contributed by atoms with Gasteiger partial charge in [0.05, 0.1) is 11.3 Å². The minimum atomic E-state index is -1.14. The lowest BCUT2D eigenvalue weighted by atomic mass is 10.0. The number of carbonyl (C=O) groups is 3. The highest BCUT2D eigenvalue weighted by Crippen LogP contribution is 2.32. The molecule has 0 unspecified atom stereocenters. The number of benzene rings is 1. The zero-order valence-corrected chi connectivity index (χ0v) is 9.48. The molecule has 0 aromatic heterocycles. The SMILES string of the molecule is Cc1cc(C)c2c(c1)N(CC(=O)O)C(=O)C2=O. The molecule has 17 heavy (non-hydrogen) atoms. The molecule has 0 saturated carbocycles. The third-order valence-corrected chi connectivity index (χ3v) is 2.71. The van der Waals surface area contributed by atoms with Crippen LogP contribution in [-0.4, -0.2) is 29.3 Å². The Labute approximate surface area is 97.7 Å². The number of amides is 1. The Morgan fingerprint density at radius 3 is 2.53 bits per heavy atom. The molecule has 0 aliphatic carbocycles. The van der Waals surface area contributed by atoms with Crippen molar-refractivity contribution in [3.63, 3.8) is 0 Å². The second-order valence-corrected chi connectivity index (χ2v) is 4.09. The second-order valence-electron chi connectivity index (χ2n) is 4.09. The van der Waals surface area contributed by atoms with Crippen LogP contribution in [0.15, 0.2) is 12.1 Å². The zero-order chi connectivity index (χ0) is 12.7. The van der Waals surface area contributed by atoms with Crippen LogP contribution in [0, 0.1) is 13.8 Å². The minimum Gasteiger partial charge on any atom is -0.480 e. The number of anilines is 1. The molecule has 1 amide bonds. The van der Waals surface area contributed by atoms with E-state index in [-0.39, 0.29) is 0 Å². The van der Waals surface area contributed by atoms with Crippen molar-refractivity contribution in [3.8, 4) is 0 Å². The van der Waals surface area contributed by atoms with E-state index in [2.05, 4.69) is 0 Å².